The third kappa shape index (κ3) is 2.94. The second-order valence-electron chi connectivity index (χ2n) is 3.83. The van der Waals surface area contributed by atoms with Crippen LogP contribution in [-0.4, -0.2) is 24.5 Å². The molecule has 0 bridgehead atoms. The smallest absolute Gasteiger partial charge is 0.335 e. The summed E-state index contributed by atoms with van der Waals surface area (Å²) in [5.74, 6) is -2.37. The highest BCUT2D eigenvalue weighted by Crippen LogP contribution is 2.23. The van der Waals surface area contributed by atoms with E-state index in [1.807, 2.05) is 0 Å². The van der Waals surface area contributed by atoms with Crippen LogP contribution < -0.4 is 4.72 Å². The molecule has 0 saturated carbocycles. The Balaban J connectivity index is 2.43. The summed E-state index contributed by atoms with van der Waals surface area (Å²) in [7, 11) is -4.23. The number of halogens is 1. The average molecular weight is 316 g/mol. The van der Waals surface area contributed by atoms with Gasteiger partial charge in [-0.05, 0) is 25.1 Å². The van der Waals surface area contributed by atoms with Crippen LogP contribution in [0.25, 0.3) is 0 Å². The Bertz CT molecular complexity index is 770. The SMILES string of the molecule is Cc1cnc(NS(=O)(=O)c2cc(C(=O)O)ccc2F)s1. The molecule has 6 nitrogen and oxygen atoms in total. The number of nitrogens with one attached hydrogen (secondary N) is 1. The van der Waals surface area contributed by atoms with E-state index >= 15 is 0 Å². The Morgan fingerprint density at radius 3 is 2.70 bits per heavy atom. The Kier molecular flexibility index (Phi) is 3.73. The molecular formula is C11H9FN2O4S2. The summed E-state index contributed by atoms with van der Waals surface area (Å²) in [5, 5.41) is 8.90. The normalized spacial score (nSPS) is 11.3. The molecule has 9 heteroatoms. The van der Waals surface area contributed by atoms with E-state index < -0.39 is 26.7 Å². The van der Waals surface area contributed by atoms with E-state index in [-0.39, 0.29) is 10.7 Å². The zero-order valence-corrected chi connectivity index (χ0v) is 11.8. The van der Waals surface area contributed by atoms with Gasteiger partial charge in [0.25, 0.3) is 10.0 Å². The number of aromatic nitrogens is 1. The van der Waals surface area contributed by atoms with Crippen LogP contribution >= 0.6 is 11.3 Å². The van der Waals surface area contributed by atoms with Gasteiger partial charge < -0.3 is 5.11 Å². The number of carbonyl (C=O) groups is 1. The first-order chi connectivity index (χ1) is 9.29. The maximum absolute atomic E-state index is 13.6. The third-order valence-electron chi connectivity index (χ3n) is 2.31. The summed E-state index contributed by atoms with van der Waals surface area (Å²) in [6.45, 7) is 1.74. The molecule has 0 unspecified atom stereocenters. The van der Waals surface area contributed by atoms with Crippen LogP contribution in [0, 0.1) is 12.7 Å². The summed E-state index contributed by atoms with van der Waals surface area (Å²) in [4.78, 5) is 14.7. The number of hydrogen-bond acceptors (Lipinski definition) is 5. The number of carboxylic acids is 1. The summed E-state index contributed by atoms with van der Waals surface area (Å²) in [5.41, 5.74) is -0.318. The minimum Gasteiger partial charge on any atom is -0.478 e. The molecule has 1 aromatic heterocycles. The summed E-state index contributed by atoms with van der Waals surface area (Å²) < 4.78 is 39.8. The van der Waals surface area contributed by atoms with Gasteiger partial charge in [-0.3, -0.25) is 4.72 Å². The first-order valence-electron chi connectivity index (χ1n) is 5.28. The molecule has 20 heavy (non-hydrogen) atoms. The van der Waals surface area contributed by atoms with Gasteiger partial charge in [0.05, 0.1) is 5.56 Å². The molecule has 2 rings (SSSR count). The zero-order chi connectivity index (χ0) is 14.9. The van der Waals surface area contributed by atoms with Gasteiger partial charge >= 0.3 is 5.97 Å². The van der Waals surface area contributed by atoms with Gasteiger partial charge in [-0.2, -0.15) is 0 Å². The predicted molar refractivity (Wildman–Crippen MR) is 71.0 cm³/mol. The molecule has 106 valence electrons. The largest absolute Gasteiger partial charge is 0.478 e. The maximum atomic E-state index is 13.6. The van der Waals surface area contributed by atoms with Crippen molar-refractivity contribution >= 4 is 32.5 Å². The highest BCUT2D eigenvalue weighted by atomic mass is 32.2. The lowest BCUT2D eigenvalue weighted by atomic mass is 10.2. The van der Waals surface area contributed by atoms with Crippen molar-refractivity contribution in [3.05, 3.63) is 40.7 Å². The number of anilines is 1. The molecule has 0 spiro atoms. The molecule has 0 aliphatic rings. The topological polar surface area (TPSA) is 96.4 Å². The molecule has 2 N–H and O–H groups in total. The van der Waals surface area contributed by atoms with E-state index in [1.54, 1.807) is 6.92 Å². The summed E-state index contributed by atoms with van der Waals surface area (Å²) >= 11 is 1.09. The lowest BCUT2D eigenvalue weighted by Gasteiger charge is -2.07. The van der Waals surface area contributed by atoms with Crippen molar-refractivity contribution in [3.8, 4) is 0 Å². The molecular weight excluding hydrogens is 307 g/mol. The van der Waals surface area contributed by atoms with Gasteiger partial charge in [-0.15, -0.1) is 11.3 Å². The molecule has 0 aliphatic heterocycles. The molecule has 0 amide bonds. The molecule has 0 fully saturated rings. The number of thiazole rings is 1. The molecule has 0 atom stereocenters. The number of aromatic carboxylic acids is 1. The highest BCUT2D eigenvalue weighted by Gasteiger charge is 2.22. The molecule has 0 saturated heterocycles. The van der Waals surface area contributed by atoms with Gasteiger partial charge in [-0.25, -0.2) is 22.6 Å². The van der Waals surface area contributed by atoms with Crippen LogP contribution in [0.1, 0.15) is 15.2 Å². The summed E-state index contributed by atoms with van der Waals surface area (Å²) in [6.07, 6.45) is 1.46. The van der Waals surface area contributed by atoms with Gasteiger partial charge in [0.1, 0.15) is 10.7 Å². The van der Waals surface area contributed by atoms with Crippen LogP contribution in [0.3, 0.4) is 0 Å². The number of carboxylic acid groups (broad SMARTS) is 1. The zero-order valence-electron chi connectivity index (χ0n) is 10.1. The molecule has 1 heterocycles. The lowest BCUT2D eigenvalue weighted by molar-refractivity contribution is 0.0696. The summed E-state index contributed by atoms with van der Waals surface area (Å²) in [6, 6.07) is 2.55. The number of nitrogens with zero attached hydrogens (tertiary/aromatic N) is 1. The van der Waals surface area contributed by atoms with E-state index in [4.69, 9.17) is 5.11 Å². The average Bonchev–Trinajstić information content (AvgIpc) is 2.73. The van der Waals surface area contributed by atoms with Crippen molar-refractivity contribution in [2.24, 2.45) is 0 Å². The third-order valence-corrected chi connectivity index (χ3v) is 4.62. The van der Waals surface area contributed by atoms with E-state index in [0.717, 1.165) is 34.4 Å². The van der Waals surface area contributed by atoms with Crippen LogP contribution in [0.4, 0.5) is 9.52 Å². The number of aryl methyl sites for hydroxylation is 1. The molecule has 0 aliphatic carbocycles. The van der Waals surface area contributed by atoms with Crippen LogP contribution in [0.2, 0.25) is 0 Å². The van der Waals surface area contributed by atoms with Crippen LogP contribution in [0.5, 0.6) is 0 Å². The first kappa shape index (κ1) is 14.4. The van der Waals surface area contributed by atoms with Gasteiger partial charge in [-0.1, -0.05) is 0 Å². The fraction of sp³-hybridized carbons (Fsp3) is 0.0909. The minimum atomic E-state index is -4.23. The molecule has 0 radical (unpaired) electrons. The second-order valence-corrected chi connectivity index (χ2v) is 6.72. The fourth-order valence-electron chi connectivity index (χ4n) is 1.41. The van der Waals surface area contributed by atoms with Crippen molar-refractivity contribution in [2.45, 2.75) is 11.8 Å². The second kappa shape index (κ2) is 5.17. The highest BCUT2D eigenvalue weighted by molar-refractivity contribution is 7.93. The van der Waals surface area contributed by atoms with Crippen LogP contribution in [-0.2, 0) is 10.0 Å². The van der Waals surface area contributed by atoms with E-state index in [0.29, 0.717) is 0 Å². The number of rotatable bonds is 4. The van der Waals surface area contributed by atoms with E-state index in [2.05, 4.69) is 9.71 Å². The van der Waals surface area contributed by atoms with Crippen molar-refractivity contribution in [1.29, 1.82) is 0 Å². The van der Waals surface area contributed by atoms with Crippen molar-refractivity contribution in [1.82, 2.24) is 4.98 Å². The first-order valence-corrected chi connectivity index (χ1v) is 7.57. The molecule has 2 aromatic rings. The standard InChI is InChI=1S/C11H9FN2O4S2/c1-6-5-13-11(19-6)14-20(17,18)9-4-7(10(15)16)2-3-8(9)12/h2-5H,1H3,(H,13,14)(H,15,16). The lowest BCUT2D eigenvalue weighted by Crippen LogP contribution is -2.15. The van der Waals surface area contributed by atoms with Crippen LogP contribution in [0.15, 0.2) is 29.3 Å². The van der Waals surface area contributed by atoms with Gasteiger partial charge in [0.15, 0.2) is 5.13 Å². The Hall–Kier alpha value is -2.00. The number of hydrogen-bond donors (Lipinski definition) is 2. The van der Waals surface area contributed by atoms with E-state index in [9.17, 15) is 17.6 Å². The molecule has 1 aromatic carbocycles. The van der Waals surface area contributed by atoms with Crippen molar-refractivity contribution < 1.29 is 22.7 Å². The Morgan fingerprint density at radius 2 is 2.15 bits per heavy atom. The predicted octanol–water partition coefficient (Wildman–Crippen LogP) is 2.09. The van der Waals surface area contributed by atoms with Gasteiger partial charge in [0, 0.05) is 11.1 Å². The maximum Gasteiger partial charge on any atom is 0.335 e. The Labute approximate surface area is 118 Å². The Morgan fingerprint density at radius 1 is 1.45 bits per heavy atom. The van der Waals surface area contributed by atoms with Crippen molar-refractivity contribution in [2.75, 3.05) is 4.72 Å². The van der Waals surface area contributed by atoms with Crippen molar-refractivity contribution in [3.63, 3.8) is 0 Å². The number of benzene rings is 1. The fourth-order valence-corrected chi connectivity index (χ4v) is 3.43. The van der Waals surface area contributed by atoms with E-state index in [1.165, 1.54) is 6.20 Å². The van der Waals surface area contributed by atoms with Gasteiger partial charge in [0.2, 0.25) is 0 Å². The minimum absolute atomic E-state index is 0.0858. The number of sulfonamides is 1. The quantitative estimate of drug-likeness (QED) is 0.900. The monoisotopic (exact) mass is 316 g/mol.